The number of aliphatic carboxylic acids is 1. The smallest absolute Gasteiger partial charge is 0.305 e. The van der Waals surface area contributed by atoms with Crippen molar-refractivity contribution in [3.05, 3.63) is 28.2 Å². The molecule has 2 rings (SSSR count). The topological polar surface area (TPSA) is 80.9 Å². The van der Waals surface area contributed by atoms with E-state index in [0.717, 1.165) is 5.56 Å². The van der Waals surface area contributed by atoms with Crippen LogP contribution in [0.2, 0.25) is 0 Å². The van der Waals surface area contributed by atoms with Gasteiger partial charge in [0.1, 0.15) is 0 Å². The Morgan fingerprint density at radius 2 is 2.44 bits per heavy atom. The summed E-state index contributed by atoms with van der Waals surface area (Å²) in [6.07, 6.45) is 1.36. The molecule has 0 aliphatic rings. The maximum absolute atomic E-state index is 10.8. The fourth-order valence-electron chi connectivity index (χ4n) is 1.79. The van der Waals surface area contributed by atoms with Crippen LogP contribution in [0.4, 0.5) is 0 Å². The fraction of sp³-hybridized carbons (Fsp3) is 0.455. The number of hydrogen-bond donors (Lipinski definition) is 1. The Morgan fingerprint density at radius 1 is 1.61 bits per heavy atom. The van der Waals surface area contributed by atoms with E-state index in [1.165, 1.54) is 0 Å². The van der Waals surface area contributed by atoms with Gasteiger partial charge in [0.05, 0.1) is 12.5 Å². The molecule has 1 N–H and O–H groups in total. The van der Waals surface area contributed by atoms with Crippen molar-refractivity contribution in [1.82, 2.24) is 20.2 Å². The zero-order chi connectivity index (χ0) is 13.0. The molecular formula is C11H14N4O2S. The molecule has 18 heavy (non-hydrogen) atoms. The molecule has 0 aliphatic heterocycles. The number of carboxylic acid groups (broad SMARTS) is 1. The summed E-state index contributed by atoms with van der Waals surface area (Å²) in [6.45, 7) is 1.93. The first-order chi connectivity index (χ1) is 8.70. The average Bonchev–Trinajstić information content (AvgIpc) is 2.98. The van der Waals surface area contributed by atoms with Crippen molar-refractivity contribution < 1.29 is 9.90 Å². The second-order valence-corrected chi connectivity index (χ2v) is 4.79. The van der Waals surface area contributed by atoms with Gasteiger partial charge in [0, 0.05) is 6.42 Å². The van der Waals surface area contributed by atoms with Crippen molar-refractivity contribution >= 4 is 17.3 Å². The van der Waals surface area contributed by atoms with Crippen molar-refractivity contribution in [3.63, 3.8) is 0 Å². The molecule has 6 nitrogen and oxygen atoms in total. The first-order valence-corrected chi connectivity index (χ1v) is 6.64. The molecule has 0 radical (unpaired) electrons. The highest BCUT2D eigenvalue weighted by molar-refractivity contribution is 7.07. The minimum absolute atomic E-state index is 0.0399. The van der Waals surface area contributed by atoms with E-state index >= 15 is 0 Å². The Bertz CT molecular complexity index is 509. The molecule has 1 atom stereocenters. The number of carboxylic acids is 1. The first-order valence-electron chi connectivity index (χ1n) is 5.70. The van der Waals surface area contributed by atoms with Gasteiger partial charge in [0.2, 0.25) is 0 Å². The summed E-state index contributed by atoms with van der Waals surface area (Å²) >= 11 is 1.62. The number of hydrogen-bond acceptors (Lipinski definition) is 5. The fourth-order valence-corrected chi connectivity index (χ4v) is 2.46. The molecule has 0 bridgehead atoms. The maximum Gasteiger partial charge on any atom is 0.305 e. The lowest BCUT2D eigenvalue weighted by molar-refractivity contribution is -0.138. The summed E-state index contributed by atoms with van der Waals surface area (Å²) in [4.78, 5) is 10.8. The molecule has 7 heteroatoms. The lowest BCUT2D eigenvalue weighted by atomic mass is 10.1. The van der Waals surface area contributed by atoms with Gasteiger partial charge in [-0.25, -0.2) is 4.68 Å². The van der Waals surface area contributed by atoms with Crippen LogP contribution in [-0.4, -0.2) is 31.3 Å². The third-order valence-electron chi connectivity index (χ3n) is 2.73. The minimum Gasteiger partial charge on any atom is -0.481 e. The second-order valence-electron chi connectivity index (χ2n) is 4.01. The van der Waals surface area contributed by atoms with Crippen molar-refractivity contribution in [2.75, 3.05) is 0 Å². The normalized spacial score (nSPS) is 12.5. The van der Waals surface area contributed by atoms with Gasteiger partial charge in [0.15, 0.2) is 5.82 Å². The van der Waals surface area contributed by atoms with Crippen LogP contribution in [0.3, 0.4) is 0 Å². The van der Waals surface area contributed by atoms with Gasteiger partial charge in [-0.15, -0.1) is 5.10 Å². The molecule has 0 spiro atoms. The SMILES string of the molecule is CCC(CC(=O)O)n1nnnc1Cc1ccsc1. The largest absolute Gasteiger partial charge is 0.481 e. The molecule has 0 fully saturated rings. The first kappa shape index (κ1) is 12.7. The zero-order valence-electron chi connectivity index (χ0n) is 9.98. The van der Waals surface area contributed by atoms with Gasteiger partial charge in [-0.3, -0.25) is 4.79 Å². The molecule has 2 aromatic heterocycles. The summed E-state index contributed by atoms with van der Waals surface area (Å²) in [5, 5.41) is 24.5. The van der Waals surface area contributed by atoms with Crippen LogP contribution < -0.4 is 0 Å². The number of thiophene rings is 1. The monoisotopic (exact) mass is 266 g/mol. The second kappa shape index (κ2) is 5.72. The van der Waals surface area contributed by atoms with E-state index in [1.807, 2.05) is 23.8 Å². The molecule has 0 aromatic carbocycles. The molecule has 0 saturated carbocycles. The summed E-state index contributed by atoms with van der Waals surface area (Å²) in [6, 6.07) is 1.83. The van der Waals surface area contributed by atoms with Gasteiger partial charge in [0.25, 0.3) is 0 Å². The molecule has 0 amide bonds. The van der Waals surface area contributed by atoms with E-state index in [9.17, 15) is 4.79 Å². The van der Waals surface area contributed by atoms with Crippen molar-refractivity contribution in [2.45, 2.75) is 32.2 Å². The van der Waals surface area contributed by atoms with Gasteiger partial charge in [-0.2, -0.15) is 11.3 Å². The predicted molar refractivity (Wildman–Crippen MR) is 66.5 cm³/mol. The molecule has 1 unspecified atom stereocenters. The van der Waals surface area contributed by atoms with E-state index in [1.54, 1.807) is 16.0 Å². The van der Waals surface area contributed by atoms with Crippen molar-refractivity contribution in [3.8, 4) is 0 Å². The highest BCUT2D eigenvalue weighted by atomic mass is 32.1. The molecule has 96 valence electrons. The number of nitrogens with zero attached hydrogens (tertiary/aromatic N) is 4. The highest BCUT2D eigenvalue weighted by Gasteiger charge is 2.18. The van der Waals surface area contributed by atoms with E-state index in [-0.39, 0.29) is 12.5 Å². The lowest BCUT2D eigenvalue weighted by Gasteiger charge is -2.13. The van der Waals surface area contributed by atoms with Crippen LogP contribution in [0.15, 0.2) is 16.8 Å². The Balaban J connectivity index is 2.17. The average molecular weight is 266 g/mol. The summed E-state index contributed by atoms with van der Waals surface area (Å²) < 4.78 is 1.63. The Hall–Kier alpha value is -1.76. The van der Waals surface area contributed by atoms with Crippen LogP contribution in [-0.2, 0) is 11.2 Å². The lowest BCUT2D eigenvalue weighted by Crippen LogP contribution is -2.17. The molecule has 0 aliphatic carbocycles. The molecular weight excluding hydrogens is 252 g/mol. The van der Waals surface area contributed by atoms with Crippen LogP contribution in [0, 0.1) is 0 Å². The molecule has 2 heterocycles. The predicted octanol–water partition coefficient (Wildman–Crippen LogP) is 1.75. The standard InChI is InChI=1S/C11H14N4O2S/c1-2-9(6-11(16)17)15-10(12-13-14-15)5-8-3-4-18-7-8/h3-4,7,9H,2,5-6H2,1H3,(H,16,17). The number of rotatable bonds is 6. The Morgan fingerprint density at radius 3 is 3.06 bits per heavy atom. The summed E-state index contributed by atoms with van der Waals surface area (Å²) in [5.41, 5.74) is 1.14. The maximum atomic E-state index is 10.8. The van der Waals surface area contributed by atoms with Crippen LogP contribution >= 0.6 is 11.3 Å². The van der Waals surface area contributed by atoms with E-state index in [2.05, 4.69) is 15.5 Å². The van der Waals surface area contributed by atoms with Gasteiger partial charge in [-0.05, 0) is 39.2 Å². The number of tetrazole rings is 1. The third kappa shape index (κ3) is 2.92. The third-order valence-corrected chi connectivity index (χ3v) is 3.46. The molecule has 0 saturated heterocycles. The number of carbonyl (C=O) groups is 1. The zero-order valence-corrected chi connectivity index (χ0v) is 10.8. The summed E-state index contributed by atoms with van der Waals surface area (Å²) in [7, 11) is 0. The quantitative estimate of drug-likeness (QED) is 0.861. The van der Waals surface area contributed by atoms with Crippen LogP contribution in [0.5, 0.6) is 0 Å². The van der Waals surface area contributed by atoms with E-state index < -0.39 is 5.97 Å². The van der Waals surface area contributed by atoms with Gasteiger partial charge in [-0.1, -0.05) is 6.92 Å². The summed E-state index contributed by atoms with van der Waals surface area (Å²) in [5.74, 6) is -0.125. The Labute approximate surface area is 108 Å². The van der Waals surface area contributed by atoms with Gasteiger partial charge < -0.3 is 5.11 Å². The van der Waals surface area contributed by atoms with Gasteiger partial charge >= 0.3 is 5.97 Å². The number of aromatic nitrogens is 4. The molecule has 2 aromatic rings. The van der Waals surface area contributed by atoms with Crippen molar-refractivity contribution in [1.29, 1.82) is 0 Å². The highest BCUT2D eigenvalue weighted by Crippen LogP contribution is 2.18. The van der Waals surface area contributed by atoms with Crippen molar-refractivity contribution in [2.24, 2.45) is 0 Å². The minimum atomic E-state index is -0.834. The van der Waals surface area contributed by atoms with Crippen LogP contribution in [0.1, 0.15) is 37.2 Å². The van der Waals surface area contributed by atoms with Crippen LogP contribution in [0.25, 0.3) is 0 Å². The Kier molecular flexibility index (Phi) is 4.03. The van der Waals surface area contributed by atoms with E-state index in [4.69, 9.17) is 5.11 Å². The van der Waals surface area contributed by atoms with E-state index in [0.29, 0.717) is 18.7 Å².